The number of para-hydroxylation sites is 1. The largest absolute Gasteiger partial charge is 0.493 e. The summed E-state index contributed by atoms with van der Waals surface area (Å²) in [6, 6.07) is 7.58. The fourth-order valence-corrected chi connectivity index (χ4v) is 2.32. The van der Waals surface area contributed by atoms with Crippen molar-refractivity contribution in [1.82, 2.24) is 15.3 Å². The van der Waals surface area contributed by atoms with Gasteiger partial charge in [0.25, 0.3) is 5.91 Å². The lowest BCUT2D eigenvalue weighted by atomic mass is 10.0. The van der Waals surface area contributed by atoms with Crippen LogP contribution in [0.1, 0.15) is 28.5 Å². The summed E-state index contributed by atoms with van der Waals surface area (Å²) in [7, 11) is 0. The van der Waals surface area contributed by atoms with E-state index in [1.807, 2.05) is 24.3 Å². The molecule has 6 heteroatoms. The van der Waals surface area contributed by atoms with Gasteiger partial charge in [0.15, 0.2) is 0 Å². The second kappa shape index (κ2) is 5.46. The van der Waals surface area contributed by atoms with Crippen molar-refractivity contribution in [2.45, 2.75) is 12.5 Å². The molecule has 1 unspecified atom stereocenters. The van der Waals surface area contributed by atoms with Crippen molar-refractivity contribution in [2.24, 2.45) is 0 Å². The molecule has 20 heavy (non-hydrogen) atoms. The Morgan fingerprint density at radius 3 is 3.05 bits per heavy atom. The van der Waals surface area contributed by atoms with Gasteiger partial charge < -0.3 is 10.1 Å². The Hall–Kier alpha value is -2.14. The van der Waals surface area contributed by atoms with Crippen molar-refractivity contribution >= 4 is 17.5 Å². The molecule has 3 rings (SSSR count). The van der Waals surface area contributed by atoms with Crippen LogP contribution in [0.15, 0.2) is 36.7 Å². The highest BCUT2D eigenvalue weighted by atomic mass is 35.5. The second-order valence-electron chi connectivity index (χ2n) is 4.43. The maximum atomic E-state index is 12.2. The molecular weight excluding hydrogens is 278 g/mol. The molecule has 5 nitrogen and oxygen atoms in total. The molecule has 0 saturated carbocycles. The summed E-state index contributed by atoms with van der Waals surface area (Å²) in [6.07, 6.45) is 3.51. The summed E-state index contributed by atoms with van der Waals surface area (Å²) >= 11 is 5.74. The van der Waals surface area contributed by atoms with Crippen LogP contribution in [0.25, 0.3) is 0 Å². The Bertz CT molecular complexity index is 648. The highest BCUT2D eigenvalue weighted by Crippen LogP contribution is 2.31. The van der Waals surface area contributed by atoms with Crippen molar-refractivity contribution in [3.8, 4) is 5.75 Å². The first-order chi connectivity index (χ1) is 9.74. The predicted octanol–water partition coefficient (Wildman–Crippen LogP) is 2.38. The van der Waals surface area contributed by atoms with E-state index >= 15 is 0 Å². The number of hydrogen-bond acceptors (Lipinski definition) is 4. The number of nitrogens with one attached hydrogen (secondary N) is 1. The molecule has 1 aliphatic rings. The molecule has 0 bridgehead atoms. The van der Waals surface area contributed by atoms with Gasteiger partial charge in [0.1, 0.15) is 16.6 Å². The Morgan fingerprint density at radius 1 is 1.35 bits per heavy atom. The molecule has 1 aromatic carbocycles. The van der Waals surface area contributed by atoms with Crippen molar-refractivity contribution in [1.29, 1.82) is 0 Å². The highest BCUT2D eigenvalue weighted by molar-refractivity contribution is 6.29. The van der Waals surface area contributed by atoms with Crippen molar-refractivity contribution < 1.29 is 9.53 Å². The lowest BCUT2D eigenvalue weighted by Gasteiger charge is -2.26. The van der Waals surface area contributed by atoms with Gasteiger partial charge in [-0.05, 0) is 6.07 Å². The molecule has 102 valence electrons. The Balaban J connectivity index is 1.81. The van der Waals surface area contributed by atoms with Crippen LogP contribution in [0, 0.1) is 0 Å². The predicted molar refractivity (Wildman–Crippen MR) is 73.8 cm³/mol. The summed E-state index contributed by atoms with van der Waals surface area (Å²) in [5, 5.41) is 3.14. The van der Waals surface area contributed by atoms with Crippen LogP contribution >= 0.6 is 11.6 Å². The number of carbonyl (C=O) groups is 1. The summed E-state index contributed by atoms with van der Waals surface area (Å²) < 4.78 is 5.56. The zero-order valence-electron chi connectivity index (χ0n) is 10.5. The number of nitrogens with zero attached hydrogens (tertiary/aromatic N) is 2. The first kappa shape index (κ1) is 12.9. The Morgan fingerprint density at radius 2 is 2.20 bits per heavy atom. The Labute approximate surface area is 121 Å². The fourth-order valence-electron chi connectivity index (χ4n) is 2.18. The number of ether oxygens (including phenoxy) is 1. The molecule has 2 aromatic rings. The van der Waals surface area contributed by atoms with Gasteiger partial charge in [0.2, 0.25) is 0 Å². The van der Waals surface area contributed by atoms with Gasteiger partial charge in [-0.25, -0.2) is 4.98 Å². The number of carbonyl (C=O) groups excluding carboxylic acids is 1. The van der Waals surface area contributed by atoms with E-state index in [9.17, 15) is 4.79 Å². The highest BCUT2D eigenvalue weighted by Gasteiger charge is 2.23. The molecule has 0 radical (unpaired) electrons. The van der Waals surface area contributed by atoms with Crippen molar-refractivity contribution in [3.63, 3.8) is 0 Å². The molecule has 0 saturated heterocycles. The maximum Gasteiger partial charge on any atom is 0.272 e. The normalized spacial score (nSPS) is 16.9. The molecule has 0 spiro atoms. The van der Waals surface area contributed by atoms with E-state index in [0.717, 1.165) is 17.7 Å². The van der Waals surface area contributed by atoms with Crippen LogP contribution in [-0.4, -0.2) is 22.5 Å². The third-order valence-electron chi connectivity index (χ3n) is 3.10. The lowest BCUT2D eigenvalue weighted by molar-refractivity contribution is 0.0919. The first-order valence-electron chi connectivity index (χ1n) is 6.24. The van der Waals surface area contributed by atoms with Crippen LogP contribution in [0.5, 0.6) is 5.75 Å². The molecule has 2 heterocycles. The van der Waals surface area contributed by atoms with Crippen LogP contribution in [0.3, 0.4) is 0 Å². The number of hydrogen-bond donors (Lipinski definition) is 1. The van der Waals surface area contributed by atoms with Gasteiger partial charge in [-0.2, -0.15) is 0 Å². The molecule has 1 atom stereocenters. The molecule has 1 N–H and O–H groups in total. The third-order valence-corrected chi connectivity index (χ3v) is 3.28. The molecule has 1 aliphatic heterocycles. The number of halogens is 1. The van der Waals surface area contributed by atoms with E-state index in [0.29, 0.717) is 6.61 Å². The van der Waals surface area contributed by atoms with E-state index in [-0.39, 0.29) is 22.8 Å². The summed E-state index contributed by atoms with van der Waals surface area (Å²) in [5.74, 6) is 0.517. The third kappa shape index (κ3) is 2.58. The average molecular weight is 290 g/mol. The molecule has 1 aromatic heterocycles. The molecular formula is C14H12ClN3O2. The SMILES string of the molecule is O=C(NC1CCOc2ccccc21)c1cncc(Cl)n1. The zero-order valence-corrected chi connectivity index (χ0v) is 11.3. The lowest BCUT2D eigenvalue weighted by Crippen LogP contribution is -2.32. The van der Waals surface area contributed by atoms with E-state index in [2.05, 4.69) is 15.3 Å². The standard InChI is InChI=1S/C14H12ClN3O2/c15-13-8-16-7-11(17-13)14(19)18-10-5-6-20-12-4-2-1-3-9(10)12/h1-4,7-8,10H,5-6H2,(H,18,19). The van der Waals surface area contributed by atoms with Crippen LogP contribution in [0.4, 0.5) is 0 Å². The summed E-state index contributed by atoms with van der Waals surface area (Å²) in [6.45, 7) is 0.573. The van der Waals surface area contributed by atoms with Crippen molar-refractivity contribution in [3.05, 3.63) is 53.1 Å². The zero-order chi connectivity index (χ0) is 13.9. The number of aromatic nitrogens is 2. The topological polar surface area (TPSA) is 64.1 Å². The van der Waals surface area contributed by atoms with Gasteiger partial charge in [-0.15, -0.1) is 0 Å². The summed E-state index contributed by atoms with van der Waals surface area (Å²) in [5.41, 5.74) is 1.18. The Kier molecular flexibility index (Phi) is 3.52. The van der Waals surface area contributed by atoms with E-state index < -0.39 is 0 Å². The number of fused-ring (bicyclic) bond motifs is 1. The number of amides is 1. The van der Waals surface area contributed by atoms with Gasteiger partial charge in [0, 0.05) is 12.0 Å². The first-order valence-corrected chi connectivity index (χ1v) is 6.62. The smallest absolute Gasteiger partial charge is 0.272 e. The number of rotatable bonds is 2. The molecule has 1 amide bonds. The average Bonchev–Trinajstić information content (AvgIpc) is 2.47. The monoisotopic (exact) mass is 289 g/mol. The van der Waals surface area contributed by atoms with E-state index in [4.69, 9.17) is 16.3 Å². The minimum atomic E-state index is -0.290. The van der Waals surface area contributed by atoms with Crippen LogP contribution in [-0.2, 0) is 0 Å². The fraction of sp³-hybridized carbons (Fsp3) is 0.214. The van der Waals surface area contributed by atoms with Crippen molar-refractivity contribution in [2.75, 3.05) is 6.61 Å². The maximum absolute atomic E-state index is 12.2. The van der Waals surface area contributed by atoms with Crippen LogP contribution in [0.2, 0.25) is 5.15 Å². The van der Waals surface area contributed by atoms with E-state index in [1.165, 1.54) is 12.4 Å². The second-order valence-corrected chi connectivity index (χ2v) is 4.82. The van der Waals surface area contributed by atoms with Crippen LogP contribution < -0.4 is 10.1 Å². The quantitative estimate of drug-likeness (QED) is 0.922. The summed E-state index contributed by atoms with van der Waals surface area (Å²) in [4.78, 5) is 20.0. The molecule has 0 aliphatic carbocycles. The van der Waals surface area contributed by atoms with E-state index in [1.54, 1.807) is 0 Å². The van der Waals surface area contributed by atoms with Gasteiger partial charge in [-0.1, -0.05) is 29.8 Å². The van der Waals surface area contributed by atoms with Gasteiger partial charge >= 0.3 is 0 Å². The minimum Gasteiger partial charge on any atom is -0.493 e. The van der Waals surface area contributed by atoms with Gasteiger partial charge in [0.05, 0.1) is 25.0 Å². The molecule has 0 fully saturated rings. The number of benzene rings is 1. The minimum absolute atomic E-state index is 0.0896. The van der Waals surface area contributed by atoms with Gasteiger partial charge in [-0.3, -0.25) is 9.78 Å².